The van der Waals surface area contributed by atoms with Gasteiger partial charge in [0.05, 0.1) is 13.5 Å². The molecule has 0 atom stereocenters. The lowest BCUT2D eigenvalue weighted by Gasteiger charge is -2.31. The van der Waals surface area contributed by atoms with Crippen LogP contribution in [0.15, 0.2) is 42.5 Å². The molecule has 2 aromatic carbocycles. The molecule has 8 heteroatoms. The van der Waals surface area contributed by atoms with Crippen molar-refractivity contribution in [1.29, 1.82) is 0 Å². The van der Waals surface area contributed by atoms with Crippen molar-refractivity contribution in [1.82, 2.24) is 10.2 Å². The van der Waals surface area contributed by atoms with Crippen LogP contribution in [0, 0.1) is 0 Å². The van der Waals surface area contributed by atoms with Gasteiger partial charge in [0.15, 0.2) is 0 Å². The smallest absolute Gasteiger partial charge is 0.251 e. The molecular weight excluding hydrogens is 418 g/mol. The summed E-state index contributed by atoms with van der Waals surface area (Å²) in [5.74, 6) is 0.00182. The van der Waals surface area contributed by atoms with Crippen molar-refractivity contribution in [3.05, 3.63) is 58.6 Å². The lowest BCUT2D eigenvalue weighted by molar-refractivity contribution is -0.129. The number of hydrogen-bond acceptors (Lipinski definition) is 4. The largest absolute Gasteiger partial charge is 0.496 e. The minimum absolute atomic E-state index is 0.0157. The summed E-state index contributed by atoms with van der Waals surface area (Å²) in [4.78, 5) is 38.9. The average molecular weight is 444 g/mol. The molecule has 7 nitrogen and oxygen atoms in total. The van der Waals surface area contributed by atoms with Gasteiger partial charge in [-0.1, -0.05) is 17.7 Å². The van der Waals surface area contributed by atoms with Crippen molar-refractivity contribution in [2.75, 3.05) is 25.5 Å². The molecule has 0 spiro atoms. The molecule has 2 N–H and O–H groups in total. The van der Waals surface area contributed by atoms with Crippen LogP contribution in [-0.4, -0.2) is 48.9 Å². The Balaban J connectivity index is 1.70. The number of anilines is 1. The normalized spacial score (nSPS) is 14.1. The first-order valence-corrected chi connectivity index (χ1v) is 10.5. The summed E-state index contributed by atoms with van der Waals surface area (Å²) < 4.78 is 5.41. The summed E-state index contributed by atoms with van der Waals surface area (Å²) in [5, 5.41) is 6.43. The molecule has 0 bridgehead atoms. The summed E-state index contributed by atoms with van der Waals surface area (Å²) in [6.07, 6.45) is 1.38. The predicted molar refractivity (Wildman–Crippen MR) is 120 cm³/mol. The Morgan fingerprint density at radius 3 is 2.39 bits per heavy atom. The van der Waals surface area contributed by atoms with Crippen LogP contribution in [-0.2, 0) is 16.0 Å². The van der Waals surface area contributed by atoms with Gasteiger partial charge in [0.2, 0.25) is 11.8 Å². The maximum atomic E-state index is 13.0. The van der Waals surface area contributed by atoms with Crippen LogP contribution in [0.3, 0.4) is 0 Å². The fourth-order valence-electron chi connectivity index (χ4n) is 3.65. The number of carbonyl (C=O) groups is 3. The minimum Gasteiger partial charge on any atom is -0.496 e. The van der Waals surface area contributed by atoms with E-state index in [4.69, 9.17) is 16.3 Å². The highest BCUT2D eigenvalue weighted by Gasteiger charge is 2.24. The number of rotatable bonds is 6. The number of hydrogen-bond donors (Lipinski definition) is 2. The van der Waals surface area contributed by atoms with Crippen LogP contribution in [0.4, 0.5) is 5.69 Å². The van der Waals surface area contributed by atoms with Gasteiger partial charge in [-0.05, 0) is 49.2 Å². The second-order valence-corrected chi connectivity index (χ2v) is 7.91. The van der Waals surface area contributed by atoms with E-state index in [0.29, 0.717) is 53.5 Å². The van der Waals surface area contributed by atoms with E-state index in [1.807, 2.05) is 0 Å². The molecule has 31 heavy (non-hydrogen) atoms. The molecule has 164 valence electrons. The molecule has 1 aliphatic rings. The lowest BCUT2D eigenvalue weighted by Crippen LogP contribution is -2.46. The summed E-state index contributed by atoms with van der Waals surface area (Å²) in [5.41, 5.74) is 1.54. The van der Waals surface area contributed by atoms with Crippen LogP contribution in [0.25, 0.3) is 0 Å². The number of ether oxygens (including phenoxy) is 1. The van der Waals surface area contributed by atoms with Crippen molar-refractivity contribution < 1.29 is 19.1 Å². The number of benzene rings is 2. The van der Waals surface area contributed by atoms with Crippen molar-refractivity contribution in [3.8, 4) is 5.75 Å². The second-order valence-electron chi connectivity index (χ2n) is 7.47. The quantitative estimate of drug-likeness (QED) is 0.717. The van der Waals surface area contributed by atoms with E-state index < -0.39 is 0 Å². The first-order chi connectivity index (χ1) is 14.9. The summed E-state index contributed by atoms with van der Waals surface area (Å²) in [6, 6.07) is 11.9. The molecule has 1 heterocycles. The second kappa shape index (κ2) is 10.3. The molecule has 1 saturated heterocycles. The van der Waals surface area contributed by atoms with E-state index in [0.717, 1.165) is 0 Å². The Bertz CT molecular complexity index is 954. The Hall–Kier alpha value is -3.06. The molecule has 0 radical (unpaired) electrons. The average Bonchev–Trinajstić information content (AvgIpc) is 2.75. The van der Waals surface area contributed by atoms with E-state index in [1.54, 1.807) is 54.3 Å². The Kier molecular flexibility index (Phi) is 7.52. The predicted octanol–water partition coefficient (Wildman–Crippen LogP) is 3.27. The lowest BCUT2D eigenvalue weighted by atomic mass is 10.00. The molecule has 1 fully saturated rings. The van der Waals surface area contributed by atoms with E-state index in [-0.39, 0.29) is 30.2 Å². The molecule has 1 aliphatic heterocycles. The van der Waals surface area contributed by atoms with Crippen LogP contribution in [0.5, 0.6) is 5.75 Å². The number of nitrogens with zero attached hydrogens (tertiary/aromatic N) is 1. The number of likely N-dealkylation sites (tertiary alicyclic amines) is 1. The van der Waals surface area contributed by atoms with E-state index >= 15 is 0 Å². The van der Waals surface area contributed by atoms with Gasteiger partial charge in [0.25, 0.3) is 5.91 Å². The zero-order valence-corrected chi connectivity index (χ0v) is 18.4. The number of methoxy groups -OCH3 is 1. The van der Waals surface area contributed by atoms with Crippen LogP contribution < -0.4 is 15.4 Å². The number of piperidine rings is 1. The fourth-order valence-corrected chi connectivity index (χ4v) is 3.78. The first-order valence-electron chi connectivity index (χ1n) is 10.1. The minimum atomic E-state index is -0.268. The number of nitrogens with one attached hydrogen (secondary N) is 2. The highest BCUT2D eigenvalue weighted by molar-refractivity contribution is 6.30. The highest BCUT2D eigenvalue weighted by atomic mass is 35.5. The van der Waals surface area contributed by atoms with E-state index in [1.165, 1.54) is 7.11 Å². The van der Waals surface area contributed by atoms with Gasteiger partial charge in [0, 0.05) is 47.9 Å². The van der Waals surface area contributed by atoms with Crippen LogP contribution in [0.1, 0.15) is 35.7 Å². The van der Waals surface area contributed by atoms with E-state index in [9.17, 15) is 14.4 Å². The van der Waals surface area contributed by atoms with Crippen LogP contribution in [0.2, 0.25) is 5.02 Å². The van der Waals surface area contributed by atoms with Crippen molar-refractivity contribution in [3.63, 3.8) is 0 Å². The Labute approximate surface area is 186 Å². The van der Waals surface area contributed by atoms with Crippen LogP contribution >= 0.6 is 11.6 Å². The van der Waals surface area contributed by atoms with Gasteiger partial charge < -0.3 is 20.3 Å². The van der Waals surface area contributed by atoms with Gasteiger partial charge in [0.1, 0.15) is 5.75 Å². The molecule has 3 rings (SSSR count). The molecule has 0 aliphatic carbocycles. The molecule has 0 saturated carbocycles. The van der Waals surface area contributed by atoms with Gasteiger partial charge in [-0.25, -0.2) is 0 Å². The summed E-state index contributed by atoms with van der Waals surface area (Å²) in [6.45, 7) is 2.79. The van der Waals surface area contributed by atoms with Crippen molar-refractivity contribution in [2.24, 2.45) is 0 Å². The topological polar surface area (TPSA) is 87.7 Å². The third-order valence-corrected chi connectivity index (χ3v) is 5.59. The monoisotopic (exact) mass is 443 g/mol. The number of carbonyl (C=O) groups excluding carboxylic acids is 3. The SMILES string of the molecule is COc1cccc(C(=O)NC2CCN(C(C)=O)CC2)c1CC(=O)Nc1ccc(Cl)cc1. The maximum Gasteiger partial charge on any atom is 0.251 e. The molecule has 3 amide bonds. The van der Waals surface area contributed by atoms with Gasteiger partial charge in [-0.2, -0.15) is 0 Å². The third-order valence-electron chi connectivity index (χ3n) is 5.34. The van der Waals surface area contributed by atoms with Gasteiger partial charge in [-0.15, -0.1) is 0 Å². The summed E-state index contributed by atoms with van der Waals surface area (Å²) in [7, 11) is 1.51. The first kappa shape index (κ1) is 22.6. The van der Waals surface area contributed by atoms with Gasteiger partial charge >= 0.3 is 0 Å². The summed E-state index contributed by atoms with van der Waals surface area (Å²) >= 11 is 5.88. The fraction of sp³-hybridized carbons (Fsp3) is 0.348. The Morgan fingerprint density at radius 1 is 1.10 bits per heavy atom. The third kappa shape index (κ3) is 5.98. The Morgan fingerprint density at radius 2 is 1.77 bits per heavy atom. The van der Waals surface area contributed by atoms with Crippen molar-refractivity contribution in [2.45, 2.75) is 32.2 Å². The molecular formula is C23H26ClN3O4. The molecule has 0 aromatic heterocycles. The van der Waals surface area contributed by atoms with Gasteiger partial charge in [-0.3, -0.25) is 14.4 Å². The maximum absolute atomic E-state index is 13.0. The number of halogens is 1. The molecule has 2 aromatic rings. The zero-order valence-electron chi connectivity index (χ0n) is 17.6. The standard InChI is InChI=1S/C23H26ClN3O4/c1-15(28)27-12-10-18(11-13-27)26-23(30)19-4-3-5-21(31-2)20(19)14-22(29)25-17-8-6-16(24)7-9-17/h3-9,18H,10-14H2,1-2H3,(H,25,29)(H,26,30). The zero-order chi connectivity index (χ0) is 22.4. The molecule has 0 unspecified atom stereocenters. The van der Waals surface area contributed by atoms with E-state index in [2.05, 4.69) is 10.6 Å². The van der Waals surface area contributed by atoms with Crippen molar-refractivity contribution >= 4 is 35.0 Å². The highest BCUT2D eigenvalue weighted by Crippen LogP contribution is 2.24. The number of amides is 3.